The van der Waals surface area contributed by atoms with Gasteiger partial charge in [-0.2, -0.15) is 0 Å². The molecule has 0 aliphatic carbocycles. The second-order valence-corrected chi connectivity index (χ2v) is 5.31. The molecule has 0 aromatic heterocycles. The number of carbonyl (C=O) groups excluding carboxylic acids is 1. The molecule has 3 heteroatoms. The summed E-state index contributed by atoms with van der Waals surface area (Å²) in [5.74, 6) is 0.801. The first-order valence-electron chi connectivity index (χ1n) is 7.76. The number of ether oxygens (including phenoxy) is 1. The van der Waals surface area contributed by atoms with Crippen molar-refractivity contribution in [1.29, 1.82) is 0 Å². The number of anilines is 1. The zero-order valence-electron chi connectivity index (χ0n) is 13.3. The summed E-state index contributed by atoms with van der Waals surface area (Å²) in [5, 5.41) is 2.84. The van der Waals surface area contributed by atoms with Crippen molar-refractivity contribution in [3.63, 3.8) is 0 Å². The second kappa shape index (κ2) is 8.23. The normalized spacial score (nSPS) is 10.3. The highest BCUT2D eigenvalue weighted by atomic mass is 16.5. The van der Waals surface area contributed by atoms with E-state index in [0.29, 0.717) is 13.0 Å². The lowest BCUT2D eigenvalue weighted by Crippen LogP contribution is -2.09. The van der Waals surface area contributed by atoms with Gasteiger partial charge in [0.1, 0.15) is 5.75 Å². The van der Waals surface area contributed by atoms with Crippen LogP contribution in [0.25, 0.3) is 0 Å². The molecule has 0 unspecified atom stereocenters. The van der Waals surface area contributed by atoms with Crippen LogP contribution in [0.2, 0.25) is 0 Å². The summed E-state index contributed by atoms with van der Waals surface area (Å²) in [6, 6.07) is 16.0. The zero-order valence-corrected chi connectivity index (χ0v) is 13.3. The van der Waals surface area contributed by atoms with E-state index in [0.717, 1.165) is 24.3 Å². The Kier molecular flexibility index (Phi) is 6.01. The Hall–Kier alpha value is -2.29. The van der Waals surface area contributed by atoms with E-state index < -0.39 is 0 Å². The number of amides is 1. The third-order valence-electron chi connectivity index (χ3n) is 3.56. The van der Waals surface area contributed by atoms with Gasteiger partial charge < -0.3 is 10.1 Å². The molecule has 0 spiro atoms. The SMILES string of the molecule is CCC(=O)Nc1cccc(OCCCc2ccccc2C)c1. The van der Waals surface area contributed by atoms with Crippen LogP contribution in [0.5, 0.6) is 5.75 Å². The summed E-state index contributed by atoms with van der Waals surface area (Å²) in [6.07, 6.45) is 2.46. The molecule has 2 aromatic carbocycles. The van der Waals surface area contributed by atoms with Crippen molar-refractivity contribution in [2.45, 2.75) is 33.1 Å². The van der Waals surface area contributed by atoms with E-state index in [-0.39, 0.29) is 5.91 Å². The molecule has 1 amide bonds. The molecule has 0 atom stereocenters. The lowest BCUT2D eigenvalue weighted by molar-refractivity contribution is -0.115. The van der Waals surface area contributed by atoms with Crippen molar-refractivity contribution in [2.75, 3.05) is 11.9 Å². The minimum atomic E-state index is 0.0108. The van der Waals surface area contributed by atoms with Gasteiger partial charge in [-0.3, -0.25) is 4.79 Å². The fraction of sp³-hybridized carbons (Fsp3) is 0.316. The average molecular weight is 297 g/mol. The van der Waals surface area contributed by atoms with Crippen LogP contribution in [0, 0.1) is 6.92 Å². The molecule has 0 saturated heterocycles. The standard InChI is InChI=1S/C19H23NO2/c1-3-19(21)20-17-11-6-12-18(14-17)22-13-7-10-16-9-5-4-8-15(16)2/h4-6,8-9,11-12,14H,3,7,10,13H2,1-2H3,(H,20,21). The molecule has 22 heavy (non-hydrogen) atoms. The Bertz CT molecular complexity index is 622. The van der Waals surface area contributed by atoms with E-state index in [9.17, 15) is 4.79 Å². The lowest BCUT2D eigenvalue weighted by atomic mass is 10.0. The van der Waals surface area contributed by atoms with Crippen LogP contribution >= 0.6 is 0 Å². The van der Waals surface area contributed by atoms with E-state index in [1.165, 1.54) is 11.1 Å². The van der Waals surface area contributed by atoms with E-state index in [4.69, 9.17) is 4.74 Å². The van der Waals surface area contributed by atoms with Crippen molar-refractivity contribution in [1.82, 2.24) is 0 Å². The molecule has 116 valence electrons. The first kappa shape index (κ1) is 16.1. The molecule has 2 aromatic rings. The maximum Gasteiger partial charge on any atom is 0.224 e. The summed E-state index contributed by atoms with van der Waals surface area (Å²) >= 11 is 0. The number of hydrogen-bond acceptors (Lipinski definition) is 2. The Morgan fingerprint density at radius 1 is 1.14 bits per heavy atom. The van der Waals surface area contributed by atoms with Crippen molar-refractivity contribution in [2.24, 2.45) is 0 Å². The highest BCUT2D eigenvalue weighted by Crippen LogP contribution is 2.18. The number of hydrogen-bond donors (Lipinski definition) is 1. The quantitative estimate of drug-likeness (QED) is 0.771. The van der Waals surface area contributed by atoms with Gasteiger partial charge in [0.05, 0.1) is 6.61 Å². The Morgan fingerprint density at radius 3 is 2.73 bits per heavy atom. The maximum absolute atomic E-state index is 11.4. The first-order valence-corrected chi connectivity index (χ1v) is 7.76. The van der Waals surface area contributed by atoms with E-state index in [1.807, 2.05) is 31.2 Å². The maximum atomic E-state index is 11.4. The first-order chi connectivity index (χ1) is 10.7. The minimum absolute atomic E-state index is 0.0108. The molecule has 0 saturated carbocycles. The number of aryl methyl sites for hydroxylation is 2. The van der Waals surface area contributed by atoms with Gasteiger partial charge >= 0.3 is 0 Å². The molecule has 0 aliphatic heterocycles. The van der Waals surface area contributed by atoms with Crippen molar-refractivity contribution < 1.29 is 9.53 Å². The summed E-state index contributed by atoms with van der Waals surface area (Å²) in [4.78, 5) is 11.4. The Labute approximate surface area is 132 Å². The molecule has 0 radical (unpaired) electrons. The van der Waals surface area contributed by atoms with Crippen molar-refractivity contribution in [3.8, 4) is 5.75 Å². The van der Waals surface area contributed by atoms with Crippen LogP contribution in [0.3, 0.4) is 0 Å². The summed E-state index contributed by atoms with van der Waals surface area (Å²) in [7, 11) is 0. The molecular formula is C19H23NO2. The fourth-order valence-electron chi connectivity index (χ4n) is 2.26. The van der Waals surface area contributed by atoms with Crippen molar-refractivity contribution in [3.05, 3.63) is 59.7 Å². The third-order valence-corrected chi connectivity index (χ3v) is 3.56. The molecular weight excluding hydrogens is 274 g/mol. The van der Waals surface area contributed by atoms with Crippen LogP contribution in [-0.4, -0.2) is 12.5 Å². The van der Waals surface area contributed by atoms with E-state index in [2.05, 4.69) is 36.5 Å². The van der Waals surface area contributed by atoms with Gasteiger partial charge in [-0.05, 0) is 43.0 Å². The van der Waals surface area contributed by atoms with Gasteiger partial charge in [-0.25, -0.2) is 0 Å². The molecule has 2 rings (SSSR count). The number of nitrogens with one attached hydrogen (secondary N) is 1. The highest BCUT2D eigenvalue weighted by molar-refractivity contribution is 5.90. The van der Waals surface area contributed by atoms with Gasteiger partial charge in [-0.1, -0.05) is 37.3 Å². The summed E-state index contributed by atoms with van der Waals surface area (Å²) < 4.78 is 5.77. The van der Waals surface area contributed by atoms with Crippen LogP contribution in [0.4, 0.5) is 5.69 Å². The Balaban J connectivity index is 1.81. The molecule has 1 N–H and O–H groups in total. The van der Waals surface area contributed by atoms with Crippen molar-refractivity contribution >= 4 is 11.6 Å². The summed E-state index contributed by atoms with van der Waals surface area (Å²) in [6.45, 7) is 4.64. The van der Waals surface area contributed by atoms with Gasteiger partial charge in [0.15, 0.2) is 0 Å². The predicted molar refractivity (Wildman–Crippen MR) is 90.4 cm³/mol. The lowest BCUT2D eigenvalue weighted by Gasteiger charge is -2.09. The smallest absolute Gasteiger partial charge is 0.224 e. The van der Waals surface area contributed by atoms with Crippen LogP contribution < -0.4 is 10.1 Å². The largest absolute Gasteiger partial charge is 0.494 e. The average Bonchev–Trinajstić information content (AvgIpc) is 2.53. The second-order valence-electron chi connectivity index (χ2n) is 5.31. The number of carbonyl (C=O) groups is 1. The molecule has 0 aliphatic rings. The third kappa shape index (κ3) is 4.92. The topological polar surface area (TPSA) is 38.3 Å². The van der Waals surface area contributed by atoms with Crippen LogP contribution in [0.15, 0.2) is 48.5 Å². The van der Waals surface area contributed by atoms with Crippen LogP contribution in [0.1, 0.15) is 30.9 Å². The molecule has 0 heterocycles. The number of rotatable bonds is 7. The molecule has 0 fully saturated rings. The van der Waals surface area contributed by atoms with Gasteiger partial charge in [0, 0.05) is 18.2 Å². The predicted octanol–water partition coefficient (Wildman–Crippen LogP) is 4.36. The molecule has 0 bridgehead atoms. The Morgan fingerprint density at radius 2 is 1.95 bits per heavy atom. The van der Waals surface area contributed by atoms with E-state index >= 15 is 0 Å². The van der Waals surface area contributed by atoms with Gasteiger partial charge in [-0.15, -0.1) is 0 Å². The monoisotopic (exact) mass is 297 g/mol. The summed E-state index contributed by atoms with van der Waals surface area (Å²) in [5.41, 5.74) is 3.48. The van der Waals surface area contributed by atoms with E-state index in [1.54, 1.807) is 0 Å². The number of benzene rings is 2. The minimum Gasteiger partial charge on any atom is -0.494 e. The molecule has 3 nitrogen and oxygen atoms in total. The highest BCUT2D eigenvalue weighted by Gasteiger charge is 2.01. The van der Waals surface area contributed by atoms with Gasteiger partial charge in [0.25, 0.3) is 0 Å². The fourth-order valence-corrected chi connectivity index (χ4v) is 2.26. The van der Waals surface area contributed by atoms with Gasteiger partial charge in [0.2, 0.25) is 5.91 Å². The zero-order chi connectivity index (χ0) is 15.8. The van der Waals surface area contributed by atoms with Crippen LogP contribution in [-0.2, 0) is 11.2 Å².